The molecule has 0 spiro atoms. The monoisotopic (exact) mass is 203 g/mol. The third-order valence-corrected chi connectivity index (χ3v) is 2.53. The topological polar surface area (TPSA) is 46.9 Å². The van der Waals surface area contributed by atoms with Gasteiger partial charge >= 0.3 is 0 Å². The largest absolute Gasteiger partial charge is 0.349 e. The maximum absolute atomic E-state index is 10.4. The van der Waals surface area contributed by atoms with Crippen LogP contribution in [0.25, 0.3) is 11.0 Å². The fraction of sp³-hybridized carbons (Fsp3) is 0.273. The predicted molar refractivity (Wildman–Crippen MR) is 58.3 cm³/mol. The van der Waals surface area contributed by atoms with Crippen molar-refractivity contribution >= 4 is 17.4 Å². The molecule has 4 heteroatoms. The van der Waals surface area contributed by atoms with E-state index in [1.165, 1.54) is 0 Å². The third-order valence-electron chi connectivity index (χ3n) is 2.53. The standard InChI is InChI=1S/C11H13N3O/c1-8(12-7-15)11-13-9-5-3-4-6-10(9)14(11)2/h3-8H,1-2H3,(H,12,15)/t8-/m1/s1. The van der Waals surface area contributed by atoms with Gasteiger partial charge in [0.25, 0.3) is 0 Å². The second-order valence-electron chi connectivity index (χ2n) is 3.52. The van der Waals surface area contributed by atoms with Crippen LogP contribution in [0.3, 0.4) is 0 Å². The summed E-state index contributed by atoms with van der Waals surface area (Å²) in [4.78, 5) is 14.8. The van der Waals surface area contributed by atoms with Gasteiger partial charge in [-0.1, -0.05) is 12.1 Å². The Bertz CT molecular complexity index is 490. The highest BCUT2D eigenvalue weighted by atomic mass is 16.1. The van der Waals surface area contributed by atoms with E-state index >= 15 is 0 Å². The van der Waals surface area contributed by atoms with E-state index in [2.05, 4.69) is 10.3 Å². The van der Waals surface area contributed by atoms with Gasteiger partial charge in [0, 0.05) is 7.05 Å². The lowest BCUT2D eigenvalue weighted by Gasteiger charge is -2.09. The average molecular weight is 203 g/mol. The summed E-state index contributed by atoms with van der Waals surface area (Å²) in [6.45, 7) is 1.91. The smallest absolute Gasteiger partial charge is 0.207 e. The van der Waals surface area contributed by atoms with Gasteiger partial charge in [-0.25, -0.2) is 4.98 Å². The molecule has 0 aliphatic heterocycles. The highest BCUT2D eigenvalue weighted by Gasteiger charge is 2.12. The fourth-order valence-corrected chi connectivity index (χ4v) is 1.73. The number of fused-ring (bicyclic) bond motifs is 1. The molecule has 1 N–H and O–H groups in total. The zero-order valence-electron chi connectivity index (χ0n) is 8.77. The molecule has 0 aliphatic rings. The van der Waals surface area contributed by atoms with Crippen molar-refractivity contribution in [1.29, 1.82) is 0 Å². The van der Waals surface area contributed by atoms with Crippen LogP contribution in [0.1, 0.15) is 18.8 Å². The molecule has 0 fully saturated rings. The van der Waals surface area contributed by atoms with E-state index in [1.54, 1.807) is 0 Å². The number of para-hydroxylation sites is 2. The van der Waals surface area contributed by atoms with Crippen LogP contribution < -0.4 is 5.32 Å². The summed E-state index contributed by atoms with van der Waals surface area (Å²) in [6.07, 6.45) is 0.698. The SMILES string of the molecule is C[C@@H](NC=O)c1nc2ccccc2n1C. The second kappa shape index (κ2) is 3.73. The van der Waals surface area contributed by atoms with Crippen molar-refractivity contribution in [2.24, 2.45) is 7.05 Å². The van der Waals surface area contributed by atoms with Crippen molar-refractivity contribution in [2.45, 2.75) is 13.0 Å². The quantitative estimate of drug-likeness (QED) is 0.766. The Morgan fingerprint density at radius 3 is 2.87 bits per heavy atom. The molecule has 1 aromatic heterocycles. The van der Waals surface area contributed by atoms with Crippen molar-refractivity contribution in [3.8, 4) is 0 Å². The van der Waals surface area contributed by atoms with Gasteiger partial charge in [-0.3, -0.25) is 4.79 Å². The predicted octanol–water partition coefficient (Wildman–Crippen LogP) is 1.38. The molecular formula is C11H13N3O. The third kappa shape index (κ3) is 1.58. The van der Waals surface area contributed by atoms with Crippen molar-refractivity contribution in [3.05, 3.63) is 30.1 Å². The van der Waals surface area contributed by atoms with Crippen LogP contribution in [-0.2, 0) is 11.8 Å². The summed E-state index contributed by atoms with van der Waals surface area (Å²) in [6, 6.07) is 7.84. The average Bonchev–Trinajstić information content (AvgIpc) is 2.57. The number of carbonyl (C=O) groups excluding carboxylic acids is 1. The fourth-order valence-electron chi connectivity index (χ4n) is 1.73. The molecular weight excluding hydrogens is 190 g/mol. The van der Waals surface area contributed by atoms with Gasteiger partial charge in [0.2, 0.25) is 6.41 Å². The molecule has 0 unspecified atom stereocenters. The van der Waals surface area contributed by atoms with Crippen LogP contribution in [0.4, 0.5) is 0 Å². The Hall–Kier alpha value is -1.84. The minimum atomic E-state index is -0.0695. The number of aromatic nitrogens is 2. The molecule has 1 amide bonds. The maximum atomic E-state index is 10.4. The van der Waals surface area contributed by atoms with E-state index in [-0.39, 0.29) is 6.04 Å². The minimum Gasteiger partial charge on any atom is -0.349 e. The Morgan fingerprint density at radius 2 is 2.20 bits per heavy atom. The van der Waals surface area contributed by atoms with Gasteiger partial charge in [-0.2, -0.15) is 0 Å². The van der Waals surface area contributed by atoms with E-state index in [1.807, 2.05) is 42.8 Å². The van der Waals surface area contributed by atoms with Gasteiger partial charge in [-0.05, 0) is 19.1 Å². The first-order valence-corrected chi connectivity index (χ1v) is 4.85. The lowest BCUT2D eigenvalue weighted by molar-refractivity contribution is -0.110. The normalized spacial score (nSPS) is 12.7. The summed E-state index contributed by atoms with van der Waals surface area (Å²) >= 11 is 0. The molecule has 2 rings (SSSR count). The molecule has 1 atom stereocenters. The summed E-state index contributed by atoms with van der Waals surface area (Å²) in [5, 5.41) is 2.70. The Kier molecular flexibility index (Phi) is 2.41. The highest BCUT2D eigenvalue weighted by molar-refractivity contribution is 5.75. The number of amides is 1. The van der Waals surface area contributed by atoms with Crippen LogP contribution in [0.2, 0.25) is 0 Å². The highest BCUT2D eigenvalue weighted by Crippen LogP contribution is 2.18. The lowest BCUT2D eigenvalue weighted by Crippen LogP contribution is -2.19. The first-order valence-electron chi connectivity index (χ1n) is 4.85. The molecule has 0 bridgehead atoms. The van der Waals surface area contributed by atoms with Gasteiger partial charge in [0.1, 0.15) is 5.82 Å². The number of benzene rings is 1. The molecule has 78 valence electrons. The molecule has 15 heavy (non-hydrogen) atoms. The van der Waals surface area contributed by atoms with E-state index in [0.717, 1.165) is 16.9 Å². The molecule has 0 saturated heterocycles. The Balaban J connectivity index is 2.52. The van der Waals surface area contributed by atoms with E-state index in [4.69, 9.17) is 0 Å². The summed E-state index contributed by atoms with van der Waals surface area (Å²) in [5.74, 6) is 0.864. The summed E-state index contributed by atoms with van der Waals surface area (Å²) in [5.41, 5.74) is 2.03. The molecule has 4 nitrogen and oxygen atoms in total. The lowest BCUT2D eigenvalue weighted by atomic mass is 10.3. The number of hydrogen-bond acceptors (Lipinski definition) is 2. The van der Waals surface area contributed by atoms with Crippen molar-refractivity contribution < 1.29 is 4.79 Å². The summed E-state index contributed by atoms with van der Waals surface area (Å²) < 4.78 is 2.00. The zero-order chi connectivity index (χ0) is 10.8. The molecule has 2 aromatic rings. The van der Waals surface area contributed by atoms with Gasteiger partial charge in [0.05, 0.1) is 17.1 Å². The minimum absolute atomic E-state index is 0.0695. The van der Waals surface area contributed by atoms with Crippen LogP contribution in [0.15, 0.2) is 24.3 Å². The number of aryl methyl sites for hydroxylation is 1. The zero-order valence-corrected chi connectivity index (χ0v) is 8.77. The van der Waals surface area contributed by atoms with Crippen molar-refractivity contribution in [1.82, 2.24) is 14.9 Å². The van der Waals surface area contributed by atoms with Gasteiger partial charge < -0.3 is 9.88 Å². The number of imidazole rings is 1. The molecule has 0 saturated carbocycles. The van der Waals surface area contributed by atoms with E-state index in [0.29, 0.717) is 6.41 Å². The Labute approximate surface area is 87.9 Å². The Morgan fingerprint density at radius 1 is 1.47 bits per heavy atom. The number of nitrogens with one attached hydrogen (secondary N) is 1. The first kappa shape index (κ1) is 9.71. The molecule has 1 heterocycles. The molecule has 1 aromatic carbocycles. The van der Waals surface area contributed by atoms with Crippen LogP contribution in [0.5, 0.6) is 0 Å². The second-order valence-corrected chi connectivity index (χ2v) is 3.52. The van der Waals surface area contributed by atoms with E-state index in [9.17, 15) is 4.79 Å². The molecule has 0 aliphatic carbocycles. The number of nitrogens with zero attached hydrogens (tertiary/aromatic N) is 2. The van der Waals surface area contributed by atoms with Crippen LogP contribution in [0, 0.1) is 0 Å². The maximum Gasteiger partial charge on any atom is 0.207 e. The number of carbonyl (C=O) groups is 1. The first-order chi connectivity index (χ1) is 7.24. The molecule has 0 radical (unpaired) electrons. The van der Waals surface area contributed by atoms with E-state index < -0.39 is 0 Å². The summed E-state index contributed by atoms with van der Waals surface area (Å²) in [7, 11) is 1.95. The van der Waals surface area contributed by atoms with Crippen molar-refractivity contribution in [2.75, 3.05) is 0 Å². The number of rotatable bonds is 3. The van der Waals surface area contributed by atoms with Gasteiger partial charge in [-0.15, -0.1) is 0 Å². The number of hydrogen-bond donors (Lipinski definition) is 1. The van der Waals surface area contributed by atoms with Crippen LogP contribution >= 0.6 is 0 Å². The van der Waals surface area contributed by atoms with Crippen LogP contribution in [-0.4, -0.2) is 16.0 Å². The van der Waals surface area contributed by atoms with Gasteiger partial charge in [0.15, 0.2) is 0 Å². The van der Waals surface area contributed by atoms with Crippen molar-refractivity contribution in [3.63, 3.8) is 0 Å².